The lowest BCUT2D eigenvalue weighted by Crippen LogP contribution is -2.27. The van der Waals surface area contributed by atoms with Crippen molar-refractivity contribution in [3.05, 3.63) is 54.1 Å². The minimum absolute atomic E-state index is 0.0121. The molecule has 0 saturated carbocycles. The molecule has 30 heavy (non-hydrogen) atoms. The van der Waals surface area contributed by atoms with Gasteiger partial charge in [0, 0.05) is 5.56 Å². The number of fused-ring (bicyclic) bond motifs is 1. The molecule has 6 heteroatoms. The maximum absolute atomic E-state index is 12.1. The first kappa shape index (κ1) is 21.6. The molecule has 0 aliphatic rings. The van der Waals surface area contributed by atoms with Gasteiger partial charge in [0.1, 0.15) is 22.5 Å². The average molecular weight is 407 g/mol. The Labute approximate surface area is 177 Å². The number of nitrogens with one attached hydrogen (secondary N) is 1. The molecule has 0 aliphatic heterocycles. The Morgan fingerprint density at radius 2 is 1.73 bits per heavy atom. The fourth-order valence-corrected chi connectivity index (χ4v) is 4.32. The third-order valence-corrected chi connectivity index (χ3v) is 5.06. The van der Waals surface area contributed by atoms with Crippen molar-refractivity contribution in [3.63, 3.8) is 0 Å². The molecule has 1 heterocycles. The van der Waals surface area contributed by atoms with Crippen molar-refractivity contribution in [1.82, 2.24) is 15.0 Å². The Balaban J connectivity index is 2.27. The van der Waals surface area contributed by atoms with E-state index in [4.69, 9.17) is 0 Å². The number of amides is 1. The van der Waals surface area contributed by atoms with Crippen LogP contribution in [-0.4, -0.2) is 26.0 Å². The number of benzene rings is 2. The minimum Gasteiger partial charge on any atom is -0.505 e. The fraction of sp³-hybridized carbons (Fsp3) is 0.375. The highest BCUT2D eigenvalue weighted by Gasteiger charge is 2.34. The van der Waals surface area contributed by atoms with Crippen LogP contribution in [0, 0.1) is 12.3 Å². The standard InChI is InChI=1S/C24H30N4O2/c1-8-19(29)25-21-15(2)13-18(28-26-16-11-9-10-12-17(16)27-28)22(30)20(21)24(6,7)14-23(3,4)5/h8-13,30H,1,14H2,2-7H3,(H,25,29). The van der Waals surface area contributed by atoms with Crippen LogP contribution in [0.5, 0.6) is 5.75 Å². The number of carbonyl (C=O) groups is 1. The van der Waals surface area contributed by atoms with E-state index in [1.807, 2.05) is 31.2 Å². The van der Waals surface area contributed by atoms with Gasteiger partial charge < -0.3 is 10.4 Å². The van der Waals surface area contributed by atoms with Crippen LogP contribution in [0.3, 0.4) is 0 Å². The van der Waals surface area contributed by atoms with E-state index in [0.29, 0.717) is 16.9 Å². The highest BCUT2D eigenvalue weighted by molar-refractivity contribution is 6.00. The van der Waals surface area contributed by atoms with Crippen LogP contribution in [0.15, 0.2) is 43.0 Å². The van der Waals surface area contributed by atoms with Crippen molar-refractivity contribution in [3.8, 4) is 11.4 Å². The molecule has 2 aromatic carbocycles. The first-order chi connectivity index (χ1) is 13.9. The third kappa shape index (κ3) is 4.22. The molecule has 0 atom stereocenters. The van der Waals surface area contributed by atoms with Gasteiger partial charge in [0.2, 0.25) is 5.91 Å². The second-order valence-electron chi connectivity index (χ2n) is 9.60. The van der Waals surface area contributed by atoms with Gasteiger partial charge in [-0.15, -0.1) is 15.0 Å². The second kappa shape index (κ2) is 7.59. The van der Waals surface area contributed by atoms with Gasteiger partial charge in [-0.1, -0.05) is 53.3 Å². The summed E-state index contributed by atoms with van der Waals surface area (Å²) < 4.78 is 0. The molecule has 0 fully saturated rings. The Bertz CT molecular complexity index is 1090. The third-order valence-electron chi connectivity index (χ3n) is 5.06. The van der Waals surface area contributed by atoms with Crippen molar-refractivity contribution in [2.45, 2.75) is 53.4 Å². The quantitative estimate of drug-likeness (QED) is 0.566. The number of aromatic nitrogens is 3. The Morgan fingerprint density at radius 3 is 2.23 bits per heavy atom. The van der Waals surface area contributed by atoms with Gasteiger partial charge in [-0.2, -0.15) is 0 Å². The van der Waals surface area contributed by atoms with Crippen LogP contribution in [-0.2, 0) is 10.2 Å². The van der Waals surface area contributed by atoms with Crippen LogP contribution in [0.1, 0.15) is 52.2 Å². The Hall–Kier alpha value is -3.15. The van der Waals surface area contributed by atoms with E-state index < -0.39 is 5.41 Å². The number of phenolic OH excluding ortho intramolecular Hbond substituents is 1. The van der Waals surface area contributed by atoms with Crippen molar-refractivity contribution in [1.29, 1.82) is 0 Å². The highest BCUT2D eigenvalue weighted by Crippen LogP contribution is 2.47. The van der Waals surface area contributed by atoms with Gasteiger partial charge in [0.25, 0.3) is 0 Å². The molecule has 1 aromatic heterocycles. The van der Waals surface area contributed by atoms with Crippen LogP contribution in [0.4, 0.5) is 5.69 Å². The lowest BCUT2D eigenvalue weighted by molar-refractivity contribution is -0.111. The lowest BCUT2D eigenvalue weighted by atomic mass is 9.71. The number of phenols is 1. The van der Waals surface area contributed by atoms with E-state index >= 15 is 0 Å². The van der Waals surface area contributed by atoms with Gasteiger partial charge in [0.05, 0.1) is 5.69 Å². The summed E-state index contributed by atoms with van der Waals surface area (Å²) in [7, 11) is 0. The molecular weight excluding hydrogens is 376 g/mol. The van der Waals surface area contributed by atoms with Crippen LogP contribution < -0.4 is 5.32 Å². The van der Waals surface area contributed by atoms with E-state index in [1.54, 1.807) is 6.07 Å². The normalized spacial score (nSPS) is 12.2. The fourth-order valence-electron chi connectivity index (χ4n) is 4.32. The molecule has 3 aromatic rings. The largest absolute Gasteiger partial charge is 0.505 e. The maximum atomic E-state index is 12.1. The topological polar surface area (TPSA) is 80.0 Å². The van der Waals surface area contributed by atoms with E-state index in [2.05, 4.69) is 56.7 Å². The van der Waals surface area contributed by atoms with Crippen LogP contribution in [0.2, 0.25) is 0 Å². The summed E-state index contributed by atoms with van der Waals surface area (Å²) in [6, 6.07) is 9.36. The van der Waals surface area contributed by atoms with Crippen molar-refractivity contribution in [2.75, 3.05) is 5.32 Å². The second-order valence-corrected chi connectivity index (χ2v) is 9.60. The summed E-state index contributed by atoms with van der Waals surface area (Å²) in [5.41, 5.74) is 3.64. The predicted molar refractivity (Wildman–Crippen MR) is 121 cm³/mol. The number of aryl methyl sites for hydroxylation is 1. The molecule has 0 saturated heterocycles. The molecule has 0 unspecified atom stereocenters. The summed E-state index contributed by atoms with van der Waals surface area (Å²) >= 11 is 0. The van der Waals surface area contributed by atoms with Crippen molar-refractivity contribution < 1.29 is 9.90 Å². The predicted octanol–water partition coefficient (Wildman–Crippen LogP) is 5.27. The lowest BCUT2D eigenvalue weighted by Gasteiger charge is -2.35. The average Bonchev–Trinajstić information content (AvgIpc) is 3.05. The molecular formula is C24H30N4O2. The summed E-state index contributed by atoms with van der Waals surface area (Å²) in [5.74, 6) is -0.254. The van der Waals surface area contributed by atoms with Gasteiger partial charge in [-0.05, 0) is 54.0 Å². The number of nitrogens with zero attached hydrogens (tertiary/aromatic N) is 3. The zero-order valence-corrected chi connectivity index (χ0v) is 18.6. The first-order valence-corrected chi connectivity index (χ1v) is 10.1. The highest BCUT2D eigenvalue weighted by atomic mass is 16.3. The van der Waals surface area contributed by atoms with Crippen LogP contribution in [0.25, 0.3) is 16.7 Å². The van der Waals surface area contributed by atoms with Gasteiger partial charge in [-0.25, -0.2) is 0 Å². The SMILES string of the molecule is C=CC(=O)Nc1c(C)cc(-n2nc3ccccc3n2)c(O)c1C(C)(C)CC(C)(C)C. The van der Waals surface area contributed by atoms with E-state index in [0.717, 1.165) is 23.0 Å². The number of anilines is 1. The van der Waals surface area contributed by atoms with Gasteiger partial charge in [-0.3, -0.25) is 4.79 Å². The zero-order valence-electron chi connectivity index (χ0n) is 18.6. The van der Waals surface area contributed by atoms with Crippen LogP contribution >= 0.6 is 0 Å². The molecule has 158 valence electrons. The molecule has 0 aliphatic carbocycles. The summed E-state index contributed by atoms with van der Waals surface area (Å²) in [6.07, 6.45) is 2.02. The summed E-state index contributed by atoms with van der Waals surface area (Å²) in [6.45, 7) is 16.1. The molecule has 1 amide bonds. The number of aromatic hydroxyl groups is 1. The summed E-state index contributed by atoms with van der Waals surface area (Å²) in [4.78, 5) is 13.6. The van der Waals surface area contributed by atoms with E-state index in [9.17, 15) is 9.90 Å². The number of hydrogen-bond donors (Lipinski definition) is 2. The van der Waals surface area contributed by atoms with Crippen molar-refractivity contribution in [2.24, 2.45) is 5.41 Å². The van der Waals surface area contributed by atoms with Gasteiger partial charge in [0.15, 0.2) is 0 Å². The smallest absolute Gasteiger partial charge is 0.247 e. The Kier molecular flexibility index (Phi) is 5.46. The monoisotopic (exact) mass is 406 g/mol. The van der Waals surface area contributed by atoms with Gasteiger partial charge >= 0.3 is 0 Å². The molecule has 6 nitrogen and oxygen atoms in total. The molecule has 0 bridgehead atoms. The molecule has 0 radical (unpaired) electrons. The molecule has 2 N–H and O–H groups in total. The summed E-state index contributed by atoms with van der Waals surface area (Å²) in [5, 5.41) is 23.4. The number of hydrogen-bond acceptors (Lipinski definition) is 4. The molecule has 3 rings (SSSR count). The minimum atomic E-state index is -0.431. The van der Waals surface area contributed by atoms with E-state index in [-0.39, 0.29) is 17.1 Å². The zero-order chi connectivity index (χ0) is 22.3. The maximum Gasteiger partial charge on any atom is 0.247 e. The first-order valence-electron chi connectivity index (χ1n) is 10.1. The Morgan fingerprint density at radius 1 is 1.17 bits per heavy atom. The number of rotatable bonds is 5. The molecule has 0 spiro atoms. The van der Waals surface area contributed by atoms with Crippen molar-refractivity contribution >= 4 is 22.6 Å². The van der Waals surface area contributed by atoms with E-state index in [1.165, 1.54) is 10.9 Å². The number of carbonyl (C=O) groups excluding carboxylic acids is 1.